The molecule has 7 atom stereocenters. The van der Waals surface area contributed by atoms with Crippen molar-refractivity contribution in [1.29, 1.82) is 0 Å². The molecule has 0 aliphatic carbocycles. The summed E-state index contributed by atoms with van der Waals surface area (Å²) >= 11 is 9.65. The number of ether oxygens (including phenoxy) is 10. The number of carbonyl (C=O) groups excluding carboxylic acids is 14. The zero-order valence-corrected chi connectivity index (χ0v) is 68.5. The topological polar surface area (TPSA) is 651 Å². The molecule has 0 bridgehead atoms. The molecule has 22 N–H and O–H groups in total. The van der Waals surface area contributed by atoms with Crippen LogP contribution < -0.4 is 92.2 Å². The number of nitrogens with two attached hydrogens (primary N) is 4. The Morgan fingerprint density at radius 1 is 0.410 bits per heavy atom. The number of primary amides is 1. The van der Waals surface area contributed by atoms with Gasteiger partial charge in [0, 0.05) is 57.2 Å². The lowest BCUT2D eigenvalue weighted by Crippen LogP contribution is -2.59. The van der Waals surface area contributed by atoms with E-state index in [1.807, 2.05) is 0 Å². The minimum absolute atomic E-state index is 0.0205. The number of amides is 14. The number of nitrogens with one attached hydrogen (secondary N) is 13. The molecule has 0 aromatic heterocycles. The minimum atomic E-state index is -1.88. The van der Waals surface area contributed by atoms with Crippen LogP contribution in [0.1, 0.15) is 51.0 Å². The largest absolute Gasteiger partial charge is 0.481 e. The lowest BCUT2D eigenvalue weighted by atomic mass is 10.0. The summed E-state index contributed by atoms with van der Waals surface area (Å²) in [4.78, 5) is 201. The van der Waals surface area contributed by atoms with Crippen LogP contribution in [-0.4, -0.2) is 350 Å². The highest BCUT2D eigenvalue weighted by molar-refractivity contribution is 7.99. The molecule has 0 radical (unpaired) electrons. The third kappa shape index (κ3) is 57.8. The van der Waals surface area contributed by atoms with E-state index in [9.17, 15) is 77.0 Å². The third-order valence-corrected chi connectivity index (χ3v) is 16.4. The first-order valence-electron chi connectivity index (χ1n) is 37.4. The number of hydrogen-bond acceptors (Lipinski definition) is 31. The molecule has 45 nitrogen and oxygen atoms in total. The van der Waals surface area contributed by atoms with Gasteiger partial charge in [0.15, 0.2) is 5.96 Å². The van der Waals surface area contributed by atoms with Crippen molar-refractivity contribution in [3.05, 3.63) is 35.9 Å². The molecule has 1 aromatic carbocycles. The number of carbonyl (C=O) groups is 15. The number of aliphatic imine (C=N–C) groups is 1. The molecule has 0 heterocycles. The molecule has 0 unspecified atom stereocenters. The van der Waals surface area contributed by atoms with E-state index < -0.39 is 157 Å². The van der Waals surface area contributed by atoms with Crippen molar-refractivity contribution >= 4 is 132 Å². The summed E-state index contributed by atoms with van der Waals surface area (Å²) in [7, 11) is 0. The summed E-state index contributed by atoms with van der Waals surface area (Å²) in [6.45, 7) is 3.87. The van der Waals surface area contributed by atoms with Gasteiger partial charge in [-0.3, -0.25) is 81.7 Å². The van der Waals surface area contributed by atoms with Gasteiger partial charge in [-0.25, -0.2) is 5.90 Å². The molecular formula is C69H118N18O27S3. The Kier molecular flexibility index (Phi) is 62.7. The first-order chi connectivity index (χ1) is 56.2. The smallest absolute Gasteiger partial charge is 0.305 e. The molecule has 1 aromatic rings. The highest BCUT2D eigenvalue weighted by Crippen LogP contribution is 2.09. The van der Waals surface area contributed by atoms with Gasteiger partial charge in [0.1, 0.15) is 75.3 Å². The van der Waals surface area contributed by atoms with Gasteiger partial charge in [0.25, 0.3) is 0 Å². The van der Waals surface area contributed by atoms with Crippen molar-refractivity contribution < 1.29 is 129 Å². The Morgan fingerprint density at radius 2 is 0.803 bits per heavy atom. The van der Waals surface area contributed by atoms with Crippen molar-refractivity contribution in [2.75, 3.05) is 208 Å². The van der Waals surface area contributed by atoms with Crippen molar-refractivity contribution in [2.24, 2.45) is 28.1 Å². The second-order valence-corrected chi connectivity index (χ2v) is 26.4. The Labute approximate surface area is 693 Å². The van der Waals surface area contributed by atoms with Crippen LogP contribution in [0.5, 0.6) is 0 Å². The Balaban J connectivity index is 2.76. The number of benzene rings is 1. The molecule has 0 aliphatic heterocycles. The number of nitrogens with zero attached hydrogens (tertiary/aromatic N) is 1. The summed E-state index contributed by atoms with van der Waals surface area (Å²) in [5.41, 5.74) is 16.5. The fraction of sp³-hybridized carbons (Fsp3) is 0.681. The van der Waals surface area contributed by atoms with Crippen molar-refractivity contribution in [2.45, 2.75) is 94.2 Å². The van der Waals surface area contributed by atoms with Gasteiger partial charge in [0.05, 0.1) is 124 Å². The van der Waals surface area contributed by atoms with Crippen LogP contribution in [0, 0.1) is 0 Å². The lowest BCUT2D eigenvalue weighted by molar-refractivity contribution is -0.141. The van der Waals surface area contributed by atoms with Gasteiger partial charge in [-0.1, -0.05) is 30.3 Å². The minimum Gasteiger partial charge on any atom is -0.481 e. The van der Waals surface area contributed by atoms with Gasteiger partial charge < -0.3 is 139 Å². The number of aliphatic carboxylic acids is 1. The maximum Gasteiger partial charge on any atom is 0.305 e. The number of rotatable bonds is 73. The fourth-order valence-electron chi connectivity index (χ4n) is 9.42. The Hall–Kier alpha value is -8.89. The van der Waals surface area contributed by atoms with E-state index in [1.165, 1.54) is 18.7 Å². The second-order valence-electron chi connectivity index (χ2n) is 24.8. The molecule has 117 heavy (non-hydrogen) atoms. The third-order valence-electron chi connectivity index (χ3n) is 15.1. The van der Waals surface area contributed by atoms with Gasteiger partial charge in [-0.05, 0) is 50.8 Å². The predicted octanol–water partition coefficient (Wildman–Crippen LogP) is -9.20. The van der Waals surface area contributed by atoms with E-state index in [1.54, 1.807) is 36.6 Å². The first-order valence-corrected chi connectivity index (χ1v) is 40.0. The van der Waals surface area contributed by atoms with Crippen molar-refractivity contribution in [3.8, 4) is 0 Å². The summed E-state index contributed by atoms with van der Waals surface area (Å²) < 4.78 is 53.4. The fourth-order valence-corrected chi connectivity index (χ4v) is 10.3. The molecule has 48 heteroatoms. The lowest BCUT2D eigenvalue weighted by Gasteiger charge is -2.25. The van der Waals surface area contributed by atoms with Gasteiger partial charge >= 0.3 is 5.97 Å². The molecule has 0 fully saturated rings. The molecule has 14 amide bonds. The van der Waals surface area contributed by atoms with E-state index in [4.69, 9.17) is 70.5 Å². The molecule has 664 valence electrons. The van der Waals surface area contributed by atoms with Gasteiger partial charge in [-0.2, -0.15) is 37.0 Å². The Morgan fingerprint density at radius 3 is 1.26 bits per heavy atom. The number of thioether (sulfide) groups is 1. The average Bonchev–Trinajstić information content (AvgIpc) is 0.860. The number of carboxylic acid groups (broad SMARTS) is 1. The SMILES string of the molecule is CSCC(=O)N[C@@H](CCCCNC(=O)COCC(=O)NCCOCCOCCOCCOCCOCCNC(=O)CON)C(=O)N[C@@H](CS)C(=O)N[C@@H](CCCN=C(N)N)C(=O)NCC(=O)N[C@@H](CC(=O)O)C(=O)N[C@@H](CS)C(=O)N[C@@H](Cc1ccccc1)C(=O)N[C@@H](C)C(=O)NCCOCCOCCOCCNC(=O)COCC(N)=O. The molecular weight excluding hydrogens is 1610 g/mol. The summed E-state index contributed by atoms with van der Waals surface area (Å²) in [6.07, 6.45) is 1.07. The van der Waals surface area contributed by atoms with Crippen LogP contribution in [0.25, 0.3) is 0 Å². The molecule has 0 spiro atoms. The molecule has 0 saturated heterocycles. The average molecular weight is 1730 g/mol. The Bertz CT molecular complexity index is 3150. The maximum atomic E-state index is 13.9. The van der Waals surface area contributed by atoms with Crippen molar-refractivity contribution in [3.63, 3.8) is 0 Å². The summed E-state index contributed by atoms with van der Waals surface area (Å²) in [6, 6.07) is -1.55. The van der Waals surface area contributed by atoms with Crippen LogP contribution in [0.3, 0.4) is 0 Å². The van der Waals surface area contributed by atoms with E-state index in [0.29, 0.717) is 71.4 Å². The summed E-state index contributed by atoms with van der Waals surface area (Å²) in [5.74, 6) is -8.14. The van der Waals surface area contributed by atoms with E-state index >= 15 is 0 Å². The number of carboxylic acids is 1. The second kappa shape index (κ2) is 69.1. The van der Waals surface area contributed by atoms with E-state index in [-0.39, 0.29) is 161 Å². The summed E-state index contributed by atoms with van der Waals surface area (Å²) in [5, 5.41) is 42.5. The first kappa shape index (κ1) is 106. The zero-order chi connectivity index (χ0) is 86.6. The van der Waals surface area contributed by atoms with Crippen LogP contribution in [0.15, 0.2) is 35.3 Å². The number of guanidine groups is 1. The maximum absolute atomic E-state index is 13.9. The van der Waals surface area contributed by atoms with Crippen LogP contribution in [0.4, 0.5) is 0 Å². The zero-order valence-electron chi connectivity index (χ0n) is 65.9. The molecule has 0 saturated carbocycles. The standard InChI is InChI=1S/C69H118N18O27S3/c1-46(62(97)78-18-22-107-26-30-108-27-23-104-19-15-75-57(91)39-112-38-54(70)88)81-65(100)50(35-47-9-4-3-5-10-47)85-68(103)53(44-116)87-66(101)51(36-61(95)96)83-55(89)37-80-63(98)48(12-8-14-79-69(71)72)84-67(102)52(43-115)86-64(99)49(82-60(94)45-117-2)11-6-7-13-74-56(90)40-113-41-58(92)76-16-20-105-24-28-109-31-33-111-34-32-110-29-25-106-21-17-77-59(93)42-114-73/h3-5,9-10,46,48-53,115-116H,6-8,11-45,73H2,1-2H3,(H2,70,88)(H,74,90)(H,75,91)(H,76,92)(H,77,93)(H,78,97)(H,80,98)(H,81,100)(H,82,94)(H,83,89)(H,84,102)(H,85,103)(H,86,99)(H,87,101)(H,95,96)(H4,71,72,79)/t46-,48-,49-,50-,51-,52-,53-/m0/s1. The monoisotopic (exact) mass is 1730 g/mol. The molecule has 0 aliphatic rings. The van der Waals surface area contributed by atoms with Gasteiger partial charge in [0.2, 0.25) is 82.7 Å². The van der Waals surface area contributed by atoms with Crippen LogP contribution >= 0.6 is 37.0 Å². The van der Waals surface area contributed by atoms with Crippen LogP contribution in [-0.2, 0) is 131 Å². The normalized spacial score (nSPS) is 12.7. The highest BCUT2D eigenvalue weighted by atomic mass is 32.2. The quantitative estimate of drug-likeness (QED) is 0.00947. The highest BCUT2D eigenvalue weighted by Gasteiger charge is 2.33. The number of hydrogen-bond donors (Lipinski definition) is 20. The number of unbranched alkanes of at least 4 members (excludes halogenated alkanes) is 1. The molecule has 1 rings (SSSR count). The van der Waals surface area contributed by atoms with E-state index in [0.717, 1.165) is 0 Å². The van der Waals surface area contributed by atoms with Crippen LogP contribution in [0.2, 0.25) is 0 Å². The van der Waals surface area contributed by atoms with Gasteiger partial charge in [-0.15, -0.1) is 0 Å². The number of thiol groups is 2. The van der Waals surface area contributed by atoms with Crippen molar-refractivity contribution in [1.82, 2.24) is 69.1 Å². The van der Waals surface area contributed by atoms with E-state index in [2.05, 4.69) is 104 Å². The predicted molar refractivity (Wildman–Crippen MR) is 427 cm³/mol.